The number of carbonyl (C=O) groups is 2. The van der Waals surface area contributed by atoms with Gasteiger partial charge in [0.05, 0.1) is 25.5 Å². The summed E-state index contributed by atoms with van der Waals surface area (Å²) in [6.45, 7) is 0. The van der Waals surface area contributed by atoms with E-state index < -0.39 is 0 Å². The molecule has 0 unspecified atom stereocenters. The van der Waals surface area contributed by atoms with E-state index in [0.717, 1.165) is 15.6 Å². The van der Waals surface area contributed by atoms with Crippen molar-refractivity contribution in [2.24, 2.45) is 0 Å². The molecule has 0 saturated carbocycles. The van der Waals surface area contributed by atoms with E-state index in [1.165, 1.54) is 26.0 Å². The van der Waals surface area contributed by atoms with Gasteiger partial charge in [-0.05, 0) is 48.5 Å². The predicted molar refractivity (Wildman–Crippen MR) is 115 cm³/mol. The summed E-state index contributed by atoms with van der Waals surface area (Å²) >= 11 is 1.43. The highest BCUT2D eigenvalue weighted by atomic mass is 32.2. The van der Waals surface area contributed by atoms with Gasteiger partial charge in [0.1, 0.15) is 5.03 Å². The van der Waals surface area contributed by atoms with E-state index >= 15 is 0 Å². The third-order valence-electron chi connectivity index (χ3n) is 4.74. The van der Waals surface area contributed by atoms with E-state index in [9.17, 15) is 9.59 Å². The summed E-state index contributed by atoms with van der Waals surface area (Å²) in [6, 6.07) is 13.9. The minimum absolute atomic E-state index is 0.161. The minimum Gasteiger partial charge on any atom is -0.493 e. The number of carbonyl (C=O) groups excluding carboxylic acids is 2. The number of fused-ring (bicyclic) bond motifs is 2. The molecule has 1 aliphatic rings. The molecule has 1 aliphatic heterocycles. The number of rotatable bonds is 4. The molecule has 30 heavy (non-hydrogen) atoms. The fourth-order valence-corrected chi connectivity index (χ4v) is 4.18. The number of pyridine rings is 1. The molecule has 0 aliphatic carbocycles. The smallest absolute Gasteiger partial charge is 0.259 e. The fraction of sp³-hybridized carbons (Fsp3) is 0.136. The van der Waals surface area contributed by atoms with Gasteiger partial charge >= 0.3 is 0 Å². The van der Waals surface area contributed by atoms with Crippen molar-refractivity contribution in [3.63, 3.8) is 0 Å². The quantitative estimate of drug-likeness (QED) is 0.683. The van der Waals surface area contributed by atoms with Crippen molar-refractivity contribution in [3.8, 4) is 11.5 Å². The van der Waals surface area contributed by atoms with Crippen molar-refractivity contribution in [2.75, 3.05) is 31.5 Å². The third-order valence-corrected chi connectivity index (χ3v) is 5.82. The van der Waals surface area contributed by atoms with Crippen LogP contribution in [-0.2, 0) is 0 Å². The molecule has 0 fully saturated rings. The van der Waals surface area contributed by atoms with E-state index in [2.05, 4.69) is 10.3 Å². The number of nitrogens with zero attached hydrogens (tertiary/aromatic N) is 2. The molecule has 0 radical (unpaired) electrons. The Morgan fingerprint density at radius 3 is 2.63 bits per heavy atom. The summed E-state index contributed by atoms with van der Waals surface area (Å²) < 4.78 is 10.5. The Labute approximate surface area is 178 Å². The van der Waals surface area contributed by atoms with E-state index in [-0.39, 0.29) is 11.8 Å². The van der Waals surface area contributed by atoms with Crippen LogP contribution in [0.1, 0.15) is 20.7 Å². The predicted octanol–water partition coefficient (Wildman–Crippen LogP) is 4.09. The summed E-state index contributed by atoms with van der Waals surface area (Å²) in [4.78, 5) is 32.5. The lowest BCUT2D eigenvalue weighted by Gasteiger charge is -2.16. The van der Waals surface area contributed by atoms with Gasteiger partial charge in [-0.1, -0.05) is 11.8 Å². The van der Waals surface area contributed by atoms with Crippen LogP contribution in [0, 0.1) is 0 Å². The van der Waals surface area contributed by atoms with E-state index in [4.69, 9.17) is 9.47 Å². The SMILES string of the molecule is COc1ccc(C(=O)Nc2ccc3c(c2)C(=O)N(C)c2cccnc2S3)cc1OC. The van der Waals surface area contributed by atoms with Gasteiger partial charge in [0, 0.05) is 29.4 Å². The first-order chi connectivity index (χ1) is 14.5. The molecule has 0 spiro atoms. The second kappa shape index (κ2) is 8.08. The van der Waals surface area contributed by atoms with Crippen molar-refractivity contribution in [1.82, 2.24) is 4.98 Å². The molecule has 2 aromatic carbocycles. The van der Waals surface area contributed by atoms with Gasteiger partial charge in [0.15, 0.2) is 11.5 Å². The van der Waals surface area contributed by atoms with Gasteiger partial charge in [0.25, 0.3) is 11.8 Å². The summed E-state index contributed by atoms with van der Waals surface area (Å²) in [5, 5.41) is 3.60. The molecule has 4 rings (SSSR count). The van der Waals surface area contributed by atoms with Crippen LogP contribution in [0.5, 0.6) is 11.5 Å². The molecular formula is C22H19N3O4S. The van der Waals surface area contributed by atoms with Crippen molar-refractivity contribution in [3.05, 3.63) is 65.9 Å². The zero-order valence-electron chi connectivity index (χ0n) is 16.6. The molecule has 2 amide bonds. The normalized spacial score (nSPS) is 12.5. The molecule has 2 heterocycles. The van der Waals surface area contributed by atoms with Crippen LogP contribution in [0.25, 0.3) is 0 Å². The zero-order chi connectivity index (χ0) is 21.3. The van der Waals surface area contributed by atoms with Gasteiger partial charge in [-0.2, -0.15) is 0 Å². The van der Waals surface area contributed by atoms with Crippen LogP contribution in [0.4, 0.5) is 11.4 Å². The number of nitrogens with one attached hydrogen (secondary N) is 1. The maximum Gasteiger partial charge on any atom is 0.259 e. The fourth-order valence-electron chi connectivity index (χ4n) is 3.16. The van der Waals surface area contributed by atoms with Crippen LogP contribution < -0.4 is 19.7 Å². The van der Waals surface area contributed by atoms with Gasteiger partial charge in [-0.25, -0.2) is 4.98 Å². The minimum atomic E-state index is -0.317. The van der Waals surface area contributed by atoms with Crippen LogP contribution in [0.15, 0.2) is 64.6 Å². The van der Waals surface area contributed by atoms with E-state index in [1.807, 2.05) is 12.1 Å². The highest BCUT2D eigenvalue weighted by Gasteiger charge is 2.26. The number of amides is 2. The lowest BCUT2D eigenvalue weighted by Crippen LogP contribution is -2.26. The van der Waals surface area contributed by atoms with Gasteiger partial charge in [-0.15, -0.1) is 0 Å². The first-order valence-electron chi connectivity index (χ1n) is 9.10. The molecule has 0 atom stereocenters. The summed E-state index contributed by atoms with van der Waals surface area (Å²) in [5.41, 5.74) is 2.19. The maximum atomic E-state index is 13.0. The lowest BCUT2D eigenvalue weighted by molar-refractivity contribution is 0.0987. The molecule has 3 aromatic rings. The largest absolute Gasteiger partial charge is 0.493 e. The molecule has 7 nitrogen and oxygen atoms in total. The number of methoxy groups -OCH3 is 2. The second-order valence-electron chi connectivity index (χ2n) is 6.53. The first-order valence-corrected chi connectivity index (χ1v) is 9.92. The van der Waals surface area contributed by atoms with Crippen molar-refractivity contribution >= 4 is 35.0 Å². The molecule has 0 saturated heterocycles. The summed E-state index contributed by atoms with van der Waals surface area (Å²) in [6.07, 6.45) is 1.70. The number of hydrogen-bond acceptors (Lipinski definition) is 6. The van der Waals surface area contributed by atoms with Crippen LogP contribution in [-0.4, -0.2) is 38.1 Å². The molecule has 8 heteroatoms. The number of aromatic nitrogens is 1. The standard InChI is InChI=1S/C22H19N3O4S/c1-25-16-5-4-10-23-21(16)30-19-9-7-14(12-15(19)22(25)27)24-20(26)13-6-8-17(28-2)18(11-13)29-3/h4-12H,1-3H3,(H,24,26). The molecule has 1 N–H and O–H groups in total. The van der Waals surface area contributed by atoms with Gasteiger partial charge in [0.2, 0.25) is 0 Å². The Balaban J connectivity index is 1.62. The molecule has 1 aromatic heterocycles. The third kappa shape index (κ3) is 3.57. The first kappa shape index (κ1) is 19.8. The lowest BCUT2D eigenvalue weighted by atomic mass is 10.1. The van der Waals surface area contributed by atoms with Crippen molar-refractivity contribution in [2.45, 2.75) is 9.92 Å². The molecular weight excluding hydrogens is 402 g/mol. The van der Waals surface area contributed by atoms with Crippen molar-refractivity contribution in [1.29, 1.82) is 0 Å². The number of anilines is 2. The average molecular weight is 421 g/mol. The van der Waals surface area contributed by atoms with E-state index in [1.54, 1.807) is 54.5 Å². The monoisotopic (exact) mass is 421 g/mol. The highest BCUT2D eigenvalue weighted by Crippen LogP contribution is 2.40. The Hall–Kier alpha value is -3.52. The zero-order valence-corrected chi connectivity index (χ0v) is 17.4. The summed E-state index contributed by atoms with van der Waals surface area (Å²) in [7, 11) is 4.76. The highest BCUT2D eigenvalue weighted by molar-refractivity contribution is 7.99. The average Bonchev–Trinajstić information content (AvgIpc) is 2.88. The Bertz CT molecular complexity index is 1150. The number of benzene rings is 2. The van der Waals surface area contributed by atoms with Crippen LogP contribution in [0.3, 0.4) is 0 Å². The Morgan fingerprint density at radius 2 is 1.87 bits per heavy atom. The second-order valence-corrected chi connectivity index (χ2v) is 7.56. The topological polar surface area (TPSA) is 80.8 Å². The van der Waals surface area contributed by atoms with Crippen LogP contribution >= 0.6 is 11.8 Å². The Morgan fingerprint density at radius 1 is 1.07 bits per heavy atom. The number of ether oxygens (including phenoxy) is 2. The van der Waals surface area contributed by atoms with Crippen molar-refractivity contribution < 1.29 is 19.1 Å². The Kier molecular flexibility index (Phi) is 5.33. The van der Waals surface area contributed by atoms with Crippen LogP contribution in [0.2, 0.25) is 0 Å². The van der Waals surface area contributed by atoms with Gasteiger partial charge in [-0.3, -0.25) is 9.59 Å². The molecule has 152 valence electrons. The summed E-state index contributed by atoms with van der Waals surface area (Å²) in [5.74, 6) is 0.526. The maximum absolute atomic E-state index is 13.0. The van der Waals surface area contributed by atoms with E-state index in [0.29, 0.717) is 28.3 Å². The van der Waals surface area contributed by atoms with Gasteiger partial charge < -0.3 is 19.7 Å². The molecule has 0 bridgehead atoms. The number of hydrogen-bond donors (Lipinski definition) is 1.